The van der Waals surface area contributed by atoms with Crippen molar-refractivity contribution in [3.8, 4) is 11.5 Å². The van der Waals surface area contributed by atoms with Crippen molar-refractivity contribution in [3.63, 3.8) is 0 Å². The monoisotopic (exact) mass is 371 g/mol. The van der Waals surface area contributed by atoms with Gasteiger partial charge in [-0.05, 0) is 38.0 Å². The molecule has 1 heterocycles. The van der Waals surface area contributed by atoms with Crippen LogP contribution in [-0.2, 0) is 6.54 Å². The van der Waals surface area contributed by atoms with Crippen LogP contribution in [0.4, 0.5) is 5.69 Å². The van der Waals surface area contributed by atoms with E-state index in [1.165, 1.54) is 25.7 Å². The quantitative estimate of drug-likeness (QED) is 0.575. The zero-order valence-corrected chi connectivity index (χ0v) is 16.4. The van der Waals surface area contributed by atoms with Crippen LogP contribution in [0.5, 0.6) is 11.5 Å². The molecule has 7 nitrogen and oxygen atoms in total. The molecule has 0 atom stereocenters. The predicted octanol–water partition coefficient (Wildman–Crippen LogP) is 3.59. The number of hydrogen-bond acceptors (Lipinski definition) is 4. The van der Waals surface area contributed by atoms with Crippen molar-refractivity contribution in [3.05, 3.63) is 36.2 Å². The molecule has 0 unspecified atom stereocenters. The van der Waals surface area contributed by atoms with Gasteiger partial charge in [0.15, 0.2) is 17.5 Å². The number of ether oxygens (including phenoxy) is 2. The van der Waals surface area contributed by atoms with Gasteiger partial charge in [-0.3, -0.25) is 9.67 Å². The van der Waals surface area contributed by atoms with E-state index in [0.29, 0.717) is 30.9 Å². The summed E-state index contributed by atoms with van der Waals surface area (Å²) >= 11 is 0. The number of nitrogens with zero attached hydrogens (tertiary/aromatic N) is 3. The molecule has 1 aliphatic carbocycles. The van der Waals surface area contributed by atoms with E-state index in [4.69, 9.17) is 14.6 Å². The highest BCUT2D eigenvalue weighted by Crippen LogP contribution is 2.30. The molecule has 0 saturated heterocycles. The highest BCUT2D eigenvalue weighted by molar-refractivity contribution is 5.93. The van der Waals surface area contributed by atoms with Crippen molar-refractivity contribution in [2.24, 2.45) is 4.99 Å². The molecule has 1 aromatic heterocycles. The topological polar surface area (TPSA) is 72.7 Å². The first-order valence-electron chi connectivity index (χ1n) is 9.56. The maximum Gasteiger partial charge on any atom is 0.195 e. The van der Waals surface area contributed by atoms with Crippen LogP contribution in [-0.4, -0.2) is 36.5 Å². The third-order valence-corrected chi connectivity index (χ3v) is 4.75. The van der Waals surface area contributed by atoms with Crippen LogP contribution in [0.3, 0.4) is 0 Å². The van der Waals surface area contributed by atoms with Gasteiger partial charge in [-0.1, -0.05) is 12.8 Å². The Labute approximate surface area is 160 Å². The second-order valence-corrected chi connectivity index (χ2v) is 6.57. The minimum Gasteiger partial charge on any atom is -0.493 e. The number of aromatic nitrogens is 2. The minimum absolute atomic E-state index is 0.563. The van der Waals surface area contributed by atoms with Crippen LogP contribution in [0.25, 0.3) is 0 Å². The molecule has 146 valence electrons. The SMILES string of the molecule is CCOc1ccc(NC(=NC)NCc2ccn(C3CCCC3)n2)cc1OC. The van der Waals surface area contributed by atoms with Crippen LogP contribution in [0.15, 0.2) is 35.5 Å². The van der Waals surface area contributed by atoms with Crippen molar-refractivity contribution < 1.29 is 9.47 Å². The lowest BCUT2D eigenvalue weighted by Gasteiger charge is -2.14. The van der Waals surface area contributed by atoms with Gasteiger partial charge in [-0.25, -0.2) is 0 Å². The Morgan fingerprint density at radius 3 is 2.78 bits per heavy atom. The molecule has 1 aromatic carbocycles. The number of anilines is 1. The van der Waals surface area contributed by atoms with E-state index in [9.17, 15) is 0 Å². The second-order valence-electron chi connectivity index (χ2n) is 6.57. The maximum absolute atomic E-state index is 5.55. The van der Waals surface area contributed by atoms with Gasteiger partial charge in [0.1, 0.15) is 0 Å². The first-order chi connectivity index (χ1) is 13.2. The summed E-state index contributed by atoms with van der Waals surface area (Å²) in [7, 11) is 3.38. The smallest absolute Gasteiger partial charge is 0.195 e. The number of hydrogen-bond donors (Lipinski definition) is 2. The van der Waals surface area contributed by atoms with E-state index in [-0.39, 0.29) is 0 Å². The molecular formula is C20H29N5O2. The minimum atomic E-state index is 0.563. The fourth-order valence-electron chi connectivity index (χ4n) is 3.35. The van der Waals surface area contributed by atoms with Gasteiger partial charge in [-0.2, -0.15) is 5.10 Å². The number of aliphatic imine (C=N–C) groups is 1. The fraction of sp³-hybridized carbons (Fsp3) is 0.500. The molecule has 3 rings (SSSR count). The Morgan fingerprint density at radius 2 is 2.07 bits per heavy atom. The molecule has 0 radical (unpaired) electrons. The first-order valence-corrected chi connectivity index (χ1v) is 9.56. The van der Waals surface area contributed by atoms with Crippen LogP contribution >= 0.6 is 0 Å². The molecule has 1 aliphatic rings. The zero-order valence-electron chi connectivity index (χ0n) is 16.4. The summed E-state index contributed by atoms with van der Waals surface area (Å²) in [6.07, 6.45) is 7.16. The molecule has 2 aromatic rings. The standard InChI is InChI=1S/C20H29N5O2/c1-4-27-18-10-9-15(13-19(18)26-3)23-20(21-2)22-14-16-11-12-25(24-16)17-7-5-6-8-17/h9-13,17H,4-8,14H2,1-3H3,(H2,21,22,23). The Balaban J connectivity index is 1.58. The normalized spacial score (nSPS) is 15.0. The van der Waals surface area contributed by atoms with Gasteiger partial charge in [0.25, 0.3) is 0 Å². The summed E-state index contributed by atoms with van der Waals surface area (Å²) in [5.41, 5.74) is 1.88. The summed E-state index contributed by atoms with van der Waals surface area (Å²) in [5, 5.41) is 11.3. The molecule has 1 fully saturated rings. The first kappa shape index (κ1) is 19.1. The maximum atomic E-state index is 5.55. The lowest BCUT2D eigenvalue weighted by atomic mass is 10.2. The Hall–Kier alpha value is -2.70. The zero-order chi connectivity index (χ0) is 19.1. The number of nitrogens with one attached hydrogen (secondary N) is 2. The van der Waals surface area contributed by atoms with Crippen LogP contribution in [0.2, 0.25) is 0 Å². The molecule has 0 spiro atoms. The van der Waals surface area contributed by atoms with Gasteiger partial charge >= 0.3 is 0 Å². The Bertz CT molecular complexity index is 765. The van der Waals surface area contributed by atoms with Gasteiger partial charge in [0.2, 0.25) is 0 Å². The van der Waals surface area contributed by atoms with Crippen molar-refractivity contribution in [2.75, 3.05) is 26.1 Å². The van der Waals surface area contributed by atoms with Gasteiger partial charge in [0, 0.05) is 25.0 Å². The number of guanidine groups is 1. The van der Waals surface area contributed by atoms with E-state index >= 15 is 0 Å². The average Bonchev–Trinajstić information content (AvgIpc) is 3.37. The summed E-state index contributed by atoms with van der Waals surface area (Å²) in [6.45, 7) is 3.17. The summed E-state index contributed by atoms with van der Waals surface area (Å²) < 4.78 is 13.1. The molecule has 0 aliphatic heterocycles. The van der Waals surface area contributed by atoms with E-state index in [1.807, 2.05) is 25.1 Å². The lowest BCUT2D eigenvalue weighted by molar-refractivity contribution is 0.311. The average molecular weight is 371 g/mol. The third kappa shape index (κ3) is 4.93. The fourth-order valence-corrected chi connectivity index (χ4v) is 3.35. The molecule has 27 heavy (non-hydrogen) atoms. The largest absolute Gasteiger partial charge is 0.493 e. The lowest BCUT2D eigenvalue weighted by Crippen LogP contribution is -2.30. The summed E-state index contributed by atoms with van der Waals surface area (Å²) in [4.78, 5) is 4.28. The summed E-state index contributed by atoms with van der Waals surface area (Å²) in [6, 6.07) is 8.36. The molecule has 2 N–H and O–H groups in total. The van der Waals surface area contributed by atoms with Crippen molar-refractivity contribution in [1.82, 2.24) is 15.1 Å². The second kappa shape index (κ2) is 9.30. The Kier molecular flexibility index (Phi) is 6.57. The molecule has 0 bridgehead atoms. The summed E-state index contributed by atoms with van der Waals surface area (Å²) in [5.74, 6) is 2.09. The van der Waals surface area contributed by atoms with Crippen LogP contribution in [0.1, 0.15) is 44.3 Å². The molecule has 7 heteroatoms. The predicted molar refractivity (Wildman–Crippen MR) is 108 cm³/mol. The Morgan fingerprint density at radius 1 is 1.26 bits per heavy atom. The van der Waals surface area contributed by atoms with Gasteiger partial charge in [-0.15, -0.1) is 0 Å². The van der Waals surface area contributed by atoms with E-state index in [0.717, 1.165) is 17.1 Å². The van der Waals surface area contributed by atoms with E-state index < -0.39 is 0 Å². The highest BCUT2D eigenvalue weighted by Gasteiger charge is 2.17. The number of benzene rings is 1. The van der Waals surface area contributed by atoms with Gasteiger partial charge < -0.3 is 20.1 Å². The van der Waals surface area contributed by atoms with Gasteiger partial charge in [0.05, 0.1) is 32.0 Å². The third-order valence-electron chi connectivity index (χ3n) is 4.75. The number of methoxy groups -OCH3 is 1. The highest BCUT2D eigenvalue weighted by atomic mass is 16.5. The molecule has 0 amide bonds. The van der Waals surface area contributed by atoms with E-state index in [1.54, 1.807) is 14.2 Å². The van der Waals surface area contributed by atoms with Crippen LogP contribution in [0, 0.1) is 0 Å². The van der Waals surface area contributed by atoms with Crippen LogP contribution < -0.4 is 20.1 Å². The van der Waals surface area contributed by atoms with Crippen molar-refractivity contribution in [1.29, 1.82) is 0 Å². The molecular weight excluding hydrogens is 342 g/mol. The molecule has 1 saturated carbocycles. The van der Waals surface area contributed by atoms with Crippen molar-refractivity contribution >= 4 is 11.6 Å². The van der Waals surface area contributed by atoms with E-state index in [2.05, 4.69) is 32.6 Å². The van der Waals surface area contributed by atoms with Crippen molar-refractivity contribution in [2.45, 2.75) is 45.2 Å². The number of rotatable bonds is 7.